The highest BCUT2D eigenvalue weighted by Gasteiger charge is 2.11. The van der Waals surface area contributed by atoms with Gasteiger partial charge >= 0.3 is 0 Å². The Morgan fingerprint density at radius 2 is 2.23 bits per heavy atom. The summed E-state index contributed by atoms with van der Waals surface area (Å²) in [5.74, 6) is 0.504. The molecule has 3 nitrogen and oxygen atoms in total. The van der Waals surface area contributed by atoms with Gasteiger partial charge in [-0.05, 0) is 26.4 Å². The van der Waals surface area contributed by atoms with Crippen molar-refractivity contribution in [3.63, 3.8) is 0 Å². The first-order valence-corrected chi connectivity index (χ1v) is 4.88. The summed E-state index contributed by atoms with van der Waals surface area (Å²) < 4.78 is 4.92. The summed E-state index contributed by atoms with van der Waals surface area (Å²) in [5, 5.41) is 3.03. The molecule has 1 N–H and O–H groups in total. The maximum absolute atomic E-state index is 11.4. The van der Waals surface area contributed by atoms with Gasteiger partial charge in [0.2, 0.25) is 0 Å². The van der Waals surface area contributed by atoms with E-state index in [1.54, 1.807) is 7.11 Å². The molecular weight excluding hydrogens is 166 g/mol. The zero-order chi connectivity index (χ0) is 10.1. The van der Waals surface area contributed by atoms with E-state index in [0.29, 0.717) is 18.8 Å². The maximum Gasteiger partial charge on any atom is 0.135 e. The Kier molecular flexibility index (Phi) is 7.94. The third-order valence-electron chi connectivity index (χ3n) is 2.15. The molecule has 0 spiro atoms. The van der Waals surface area contributed by atoms with E-state index in [-0.39, 0.29) is 5.92 Å². The van der Waals surface area contributed by atoms with Crippen LogP contribution in [-0.4, -0.2) is 33.1 Å². The number of Topliss-reactive ketones (excluding diaryl/α,β-unsaturated/α-hetero) is 1. The minimum absolute atomic E-state index is 0.150. The van der Waals surface area contributed by atoms with Crippen molar-refractivity contribution in [2.75, 3.05) is 27.3 Å². The van der Waals surface area contributed by atoms with Crippen LogP contribution in [0, 0.1) is 5.92 Å². The lowest BCUT2D eigenvalue weighted by Gasteiger charge is -2.09. The van der Waals surface area contributed by atoms with Gasteiger partial charge in [0, 0.05) is 26.1 Å². The molecule has 13 heavy (non-hydrogen) atoms. The van der Waals surface area contributed by atoms with E-state index in [9.17, 15) is 4.79 Å². The minimum Gasteiger partial charge on any atom is -0.385 e. The van der Waals surface area contributed by atoms with Crippen molar-refractivity contribution >= 4 is 5.78 Å². The first-order valence-electron chi connectivity index (χ1n) is 4.88. The fourth-order valence-electron chi connectivity index (χ4n) is 1.14. The summed E-state index contributed by atoms with van der Waals surface area (Å²) in [6.07, 6.45) is 2.47. The topological polar surface area (TPSA) is 38.3 Å². The fourth-order valence-corrected chi connectivity index (χ4v) is 1.14. The van der Waals surface area contributed by atoms with Crippen LogP contribution in [0.5, 0.6) is 0 Å². The van der Waals surface area contributed by atoms with Crippen molar-refractivity contribution < 1.29 is 9.53 Å². The third kappa shape index (κ3) is 6.72. The number of rotatable bonds is 8. The van der Waals surface area contributed by atoms with Crippen LogP contribution in [0.15, 0.2) is 0 Å². The highest BCUT2D eigenvalue weighted by atomic mass is 16.5. The van der Waals surface area contributed by atoms with E-state index in [1.807, 2.05) is 14.0 Å². The normalized spacial score (nSPS) is 12.8. The molecule has 0 amide bonds. The average Bonchev–Trinajstić information content (AvgIpc) is 2.14. The van der Waals surface area contributed by atoms with Crippen molar-refractivity contribution in [3.8, 4) is 0 Å². The molecular formula is C10H21NO2. The highest BCUT2D eigenvalue weighted by Crippen LogP contribution is 2.07. The smallest absolute Gasteiger partial charge is 0.135 e. The lowest BCUT2D eigenvalue weighted by atomic mass is 9.99. The second-order valence-electron chi connectivity index (χ2n) is 3.36. The molecule has 1 unspecified atom stereocenters. The van der Waals surface area contributed by atoms with E-state index in [1.165, 1.54) is 0 Å². The van der Waals surface area contributed by atoms with E-state index in [4.69, 9.17) is 4.74 Å². The summed E-state index contributed by atoms with van der Waals surface area (Å²) >= 11 is 0. The summed E-state index contributed by atoms with van der Waals surface area (Å²) in [7, 11) is 3.57. The summed E-state index contributed by atoms with van der Waals surface area (Å²) in [5.41, 5.74) is 0. The monoisotopic (exact) mass is 187 g/mol. The Bertz CT molecular complexity index is 137. The van der Waals surface area contributed by atoms with Crippen LogP contribution in [0.1, 0.15) is 26.2 Å². The van der Waals surface area contributed by atoms with E-state index >= 15 is 0 Å². The van der Waals surface area contributed by atoms with Crippen LogP contribution in [0.4, 0.5) is 0 Å². The minimum atomic E-state index is 0.150. The Labute approximate surface area is 80.8 Å². The number of nitrogens with one attached hydrogen (secondary N) is 1. The van der Waals surface area contributed by atoms with Gasteiger partial charge in [-0.3, -0.25) is 4.79 Å². The average molecular weight is 187 g/mol. The van der Waals surface area contributed by atoms with Gasteiger partial charge in [0.25, 0.3) is 0 Å². The number of carbonyl (C=O) groups is 1. The van der Waals surface area contributed by atoms with Crippen LogP contribution in [0.25, 0.3) is 0 Å². The quantitative estimate of drug-likeness (QED) is 0.581. The molecule has 0 saturated carbocycles. The molecule has 0 aromatic rings. The van der Waals surface area contributed by atoms with Crippen molar-refractivity contribution in [1.29, 1.82) is 0 Å². The Morgan fingerprint density at radius 3 is 2.77 bits per heavy atom. The molecule has 0 rings (SSSR count). The molecule has 0 heterocycles. The highest BCUT2D eigenvalue weighted by molar-refractivity contribution is 5.80. The van der Waals surface area contributed by atoms with Gasteiger partial charge in [-0.15, -0.1) is 0 Å². The van der Waals surface area contributed by atoms with Gasteiger partial charge in [-0.2, -0.15) is 0 Å². The van der Waals surface area contributed by atoms with Gasteiger partial charge in [0.15, 0.2) is 0 Å². The van der Waals surface area contributed by atoms with Crippen molar-refractivity contribution in [1.82, 2.24) is 5.32 Å². The molecule has 0 aliphatic heterocycles. The SMILES string of the molecule is CNCCCC(=O)C(C)CCOC. The van der Waals surface area contributed by atoms with E-state index < -0.39 is 0 Å². The summed E-state index contributed by atoms with van der Waals surface area (Å²) in [6, 6.07) is 0. The second-order valence-corrected chi connectivity index (χ2v) is 3.36. The van der Waals surface area contributed by atoms with Crippen LogP contribution in [0.3, 0.4) is 0 Å². The molecule has 0 bridgehead atoms. The molecule has 0 aliphatic carbocycles. The maximum atomic E-state index is 11.4. The van der Waals surface area contributed by atoms with E-state index in [0.717, 1.165) is 19.4 Å². The molecule has 1 atom stereocenters. The van der Waals surface area contributed by atoms with Gasteiger partial charge in [0.1, 0.15) is 5.78 Å². The molecule has 78 valence electrons. The zero-order valence-corrected chi connectivity index (χ0v) is 8.93. The van der Waals surface area contributed by atoms with Crippen LogP contribution >= 0.6 is 0 Å². The lowest BCUT2D eigenvalue weighted by molar-refractivity contribution is -0.122. The number of ether oxygens (including phenoxy) is 1. The van der Waals surface area contributed by atoms with Gasteiger partial charge in [-0.1, -0.05) is 6.92 Å². The number of ketones is 1. The van der Waals surface area contributed by atoms with Crippen LogP contribution in [-0.2, 0) is 9.53 Å². The molecule has 0 aromatic heterocycles. The molecule has 0 fully saturated rings. The standard InChI is InChI=1S/C10H21NO2/c1-9(6-8-13-3)10(12)5-4-7-11-2/h9,11H,4-8H2,1-3H3. The Hall–Kier alpha value is -0.410. The second kappa shape index (κ2) is 8.20. The van der Waals surface area contributed by atoms with Gasteiger partial charge in [0.05, 0.1) is 0 Å². The predicted molar refractivity (Wildman–Crippen MR) is 53.8 cm³/mol. The van der Waals surface area contributed by atoms with Crippen LogP contribution < -0.4 is 5.32 Å². The van der Waals surface area contributed by atoms with Gasteiger partial charge in [-0.25, -0.2) is 0 Å². The van der Waals surface area contributed by atoms with E-state index in [2.05, 4.69) is 5.32 Å². The fraction of sp³-hybridized carbons (Fsp3) is 0.900. The van der Waals surface area contributed by atoms with Crippen molar-refractivity contribution in [2.45, 2.75) is 26.2 Å². The third-order valence-corrected chi connectivity index (χ3v) is 2.15. The first kappa shape index (κ1) is 12.6. The summed E-state index contributed by atoms with van der Waals surface area (Å²) in [6.45, 7) is 3.57. The lowest BCUT2D eigenvalue weighted by Crippen LogP contribution is -2.15. The molecule has 0 radical (unpaired) electrons. The Morgan fingerprint density at radius 1 is 1.54 bits per heavy atom. The molecule has 3 heteroatoms. The first-order chi connectivity index (χ1) is 6.22. The molecule has 0 aromatic carbocycles. The number of carbonyl (C=O) groups excluding carboxylic acids is 1. The largest absolute Gasteiger partial charge is 0.385 e. The number of hydrogen-bond donors (Lipinski definition) is 1. The van der Waals surface area contributed by atoms with Crippen molar-refractivity contribution in [3.05, 3.63) is 0 Å². The van der Waals surface area contributed by atoms with Crippen molar-refractivity contribution in [2.24, 2.45) is 5.92 Å². The molecule has 0 saturated heterocycles. The van der Waals surface area contributed by atoms with Gasteiger partial charge < -0.3 is 10.1 Å². The summed E-state index contributed by atoms with van der Waals surface area (Å²) in [4.78, 5) is 11.4. The number of methoxy groups -OCH3 is 1. The predicted octanol–water partition coefficient (Wildman–Crippen LogP) is 1.23. The molecule has 0 aliphatic rings. The van der Waals surface area contributed by atoms with Crippen LogP contribution in [0.2, 0.25) is 0 Å². The zero-order valence-electron chi connectivity index (χ0n) is 8.93. The Balaban J connectivity index is 3.45. The number of hydrogen-bond acceptors (Lipinski definition) is 3.